The summed E-state index contributed by atoms with van der Waals surface area (Å²) in [4.78, 5) is 11.9. The molecular weight excluding hydrogens is 292 g/mol. The summed E-state index contributed by atoms with van der Waals surface area (Å²) >= 11 is 0. The van der Waals surface area contributed by atoms with Gasteiger partial charge in [0, 0.05) is 5.69 Å². The topological polar surface area (TPSA) is 71.3 Å². The van der Waals surface area contributed by atoms with E-state index < -0.39 is 0 Å². The summed E-state index contributed by atoms with van der Waals surface area (Å²) in [6, 6.07) is 16.4. The summed E-state index contributed by atoms with van der Waals surface area (Å²) < 4.78 is 10.6. The molecule has 5 nitrogen and oxygen atoms in total. The molecule has 1 N–H and O–H groups in total. The Labute approximate surface area is 135 Å². The maximum Gasteiger partial charge on any atom is 0.262 e. The summed E-state index contributed by atoms with van der Waals surface area (Å²) in [6.07, 6.45) is 0.967. The first-order valence-corrected chi connectivity index (χ1v) is 7.32. The predicted molar refractivity (Wildman–Crippen MR) is 87.5 cm³/mol. The average Bonchev–Trinajstić information content (AvgIpc) is 2.60. The fourth-order valence-corrected chi connectivity index (χ4v) is 1.92. The summed E-state index contributed by atoms with van der Waals surface area (Å²) in [5, 5.41) is 11.2. The minimum atomic E-state index is -0.240. The highest BCUT2D eigenvalue weighted by Gasteiger charge is 2.04. The van der Waals surface area contributed by atoms with Crippen LogP contribution in [-0.4, -0.2) is 19.1 Å². The molecule has 2 rings (SSSR count). The van der Waals surface area contributed by atoms with E-state index in [0.29, 0.717) is 17.2 Å². The molecule has 0 aliphatic carbocycles. The number of nitriles is 1. The Morgan fingerprint density at radius 1 is 1.04 bits per heavy atom. The second-order valence-electron chi connectivity index (χ2n) is 4.81. The van der Waals surface area contributed by atoms with Gasteiger partial charge in [-0.05, 0) is 48.4 Å². The van der Waals surface area contributed by atoms with E-state index in [1.165, 1.54) is 5.56 Å². The average molecular weight is 310 g/mol. The van der Waals surface area contributed by atoms with Crippen molar-refractivity contribution in [1.82, 2.24) is 0 Å². The zero-order valence-electron chi connectivity index (χ0n) is 12.9. The van der Waals surface area contributed by atoms with Crippen LogP contribution in [0.5, 0.6) is 11.5 Å². The van der Waals surface area contributed by atoms with Gasteiger partial charge in [0.2, 0.25) is 0 Å². The fourth-order valence-electron chi connectivity index (χ4n) is 1.92. The molecule has 0 atom stereocenters. The molecule has 0 spiro atoms. The zero-order chi connectivity index (χ0) is 16.5. The van der Waals surface area contributed by atoms with Crippen molar-refractivity contribution >= 4 is 11.6 Å². The molecular formula is C18H18N2O3. The van der Waals surface area contributed by atoms with Crippen molar-refractivity contribution in [3.8, 4) is 17.6 Å². The molecule has 0 fully saturated rings. The largest absolute Gasteiger partial charge is 0.484 e. The van der Waals surface area contributed by atoms with E-state index >= 15 is 0 Å². The number of benzene rings is 2. The molecule has 0 heterocycles. The lowest BCUT2D eigenvalue weighted by Gasteiger charge is -2.08. The second kappa shape index (κ2) is 8.44. The van der Waals surface area contributed by atoms with E-state index in [1.54, 1.807) is 24.3 Å². The molecule has 23 heavy (non-hydrogen) atoms. The first kappa shape index (κ1) is 16.4. The van der Waals surface area contributed by atoms with Crippen molar-refractivity contribution < 1.29 is 14.3 Å². The van der Waals surface area contributed by atoms with E-state index in [0.717, 1.165) is 6.42 Å². The Balaban J connectivity index is 1.80. The monoisotopic (exact) mass is 310 g/mol. The number of anilines is 1. The van der Waals surface area contributed by atoms with Gasteiger partial charge < -0.3 is 14.8 Å². The van der Waals surface area contributed by atoms with Crippen LogP contribution in [-0.2, 0) is 11.2 Å². The summed E-state index contributed by atoms with van der Waals surface area (Å²) in [7, 11) is 0. The Morgan fingerprint density at radius 2 is 1.65 bits per heavy atom. The second-order valence-corrected chi connectivity index (χ2v) is 4.81. The minimum absolute atomic E-state index is 0.00360. The number of hydrogen-bond acceptors (Lipinski definition) is 4. The molecule has 1 amide bonds. The summed E-state index contributed by atoms with van der Waals surface area (Å²) in [5.41, 5.74) is 1.87. The van der Waals surface area contributed by atoms with E-state index in [9.17, 15) is 4.79 Å². The smallest absolute Gasteiger partial charge is 0.262 e. The van der Waals surface area contributed by atoms with Gasteiger partial charge >= 0.3 is 0 Å². The highest BCUT2D eigenvalue weighted by atomic mass is 16.5. The number of amides is 1. The van der Waals surface area contributed by atoms with Crippen LogP contribution in [0, 0.1) is 11.3 Å². The summed E-state index contributed by atoms with van der Waals surface area (Å²) in [5.74, 6) is 1.00. The Hall–Kier alpha value is -3.00. The van der Waals surface area contributed by atoms with E-state index in [1.807, 2.05) is 30.3 Å². The molecule has 0 aromatic heterocycles. The molecule has 0 bridgehead atoms. The third kappa shape index (κ3) is 5.36. The lowest BCUT2D eigenvalue weighted by atomic mass is 10.2. The Kier molecular flexibility index (Phi) is 6.01. The maximum atomic E-state index is 11.9. The molecule has 2 aromatic rings. The van der Waals surface area contributed by atoms with Crippen molar-refractivity contribution in [3.05, 3.63) is 54.1 Å². The number of nitrogens with zero attached hydrogens (tertiary/aromatic N) is 1. The van der Waals surface area contributed by atoms with Crippen LogP contribution in [0.1, 0.15) is 12.5 Å². The first-order chi connectivity index (χ1) is 11.2. The number of carbonyl (C=O) groups excluding carboxylic acids is 1. The molecule has 118 valence electrons. The van der Waals surface area contributed by atoms with Crippen molar-refractivity contribution in [1.29, 1.82) is 5.26 Å². The molecule has 0 aliphatic rings. The molecule has 0 saturated carbocycles. The van der Waals surface area contributed by atoms with Gasteiger partial charge in [-0.3, -0.25) is 4.79 Å². The van der Waals surface area contributed by atoms with Gasteiger partial charge in [0.05, 0.1) is 0 Å². The van der Waals surface area contributed by atoms with Crippen LogP contribution < -0.4 is 14.8 Å². The van der Waals surface area contributed by atoms with Gasteiger partial charge in [0.1, 0.15) is 17.6 Å². The Bertz CT molecular complexity index is 673. The summed E-state index contributed by atoms with van der Waals surface area (Å²) in [6.45, 7) is 2.02. The molecule has 5 heteroatoms. The molecule has 0 aliphatic heterocycles. The van der Waals surface area contributed by atoms with Gasteiger partial charge in [0.25, 0.3) is 5.91 Å². The van der Waals surface area contributed by atoms with E-state index in [4.69, 9.17) is 14.7 Å². The SMILES string of the molecule is CCc1ccc(OCC(=O)Nc2ccc(OCC#N)cc2)cc1. The molecule has 0 saturated heterocycles. The minimum Gasteiger partial charge on any atom is -0.484 e. The number of ether oxygens (including phenoxy) is 2. The normalized spacial score (nSPS) is 9.74. The third-order valence-electron chi connectivity index (χ3n) is 3.14. The number of hydrogen-bond donors (Lipinski definition) is 1. The number of aryl methyl sites for hydroxylation is 1. The van der Waals surface area contributed by atoms with E-state index in [-0.39, 0.29) is 19.1 Å². The van der Waals surface area contributed by atoms with Crippen LogP contribution >= 0.6 is 0 Å². The predicted octanol–water partition coefficient (Wildman–Crippen LogP) is 3.17. The number of carbonyl (C=O) groups is 1. The Morgan fingerprint density at radius 3 is 2.26 bits per heavy atom. The molecule has 0 radical (unpaired) electrons. The van der Waals surface area contributed by atoms with Crippen LogP contribution in [0.3, 0.4) is 0 Å². The standard InChI is InChI=1S/C18H18N2O3/c1-2-14-3-7-17(8-4-14)23-13-18(21)20-15-5-9-16(10-6-15)22-12-11-19/h3-10H,2,12-13H2,1H3,(H,20,21). The van der Waals surface area contributed by atoms with Gasteiger partial charge in [-0.25, -0.2) is 0 Å². The van der Waals surface area contributed by atoms with Crippen molar-refractivity contribution in [2.75, 3.05) is 18.5 Å². The lowest BCUT2D eigenvalue weighted by Crippen LogP contribution is -2.20. The highest BCUT2D eigenvalue weighted by molar-refractivity contribution is 5.91. The van der Waals surface area contributed by atoms with Crippen molar-refractivity contribution in [3.63, 3.8) is 0 Å². The van der Waals surface area contributed by atoms with Gasteiger partial charge in [-0.15, -0.1) is 0 Å². The zero-order valence-corrected chi connectivity index (χ0v) is 12.9. The van der Waals surface area contributed by atoms with Gasteiger partial charge in [0.15, 0.2) is 13.2 Å². The van der Waals surface area contributed by atoms with Crippen LogP contribution in [0.15, 0.2) is 48.5 Å². The van der Waals surface area contributed by atoms with E-state index in [2.05, 4.69) is 12.2 Å². The van der Waals surface area contributed by atoms with Crippen LogP contribution in [0.4, 0.5) is 5.69 Å². The van der Waals surface area contributed by atoms with Gasteiger partial charge in [-0.1, -0.05) is 19.1 Å². The fraction of sp³-hybridized carbons (Fsp3) is 0.222. The van der Waals surface area contributed by atoms with Crippen LogP contribution in [0.2, 0.25) is 0 Å². The van der Waals surface area contributed by atoms with Crippen molar-refractivity contribution in [2.24, 2.45) is 0 Å². The third-order valence-corrected chi connectivity index (χ3v) is 3.14. The number of nitrogens with one attached hydrogen (secondary N) is 1. The van der Waals surface area contributed by atoms with Crippen LogP contribution in [0.25, 0.3) is 0 Å². The maximum absolute atomic E-state index is 11.9. The van der Waals surface area contributed by atoms with Crippen molar-refractivity contribution in [2.45, 2.75) is 13.3 Å². The first-order valence-electron chi connectivity index (χ1n) is 7.32. The lowest BCUT2D eigenvalue weighted by molar-refractivity contribution is -0.118. The number of rotatable bonds is 7. The highest BCUT2D eigenvalue weighted by Crippen LogP contribution is 2.16. The molecule has 2 aromatic carbocycles. The van der Waals surface area contributed by atoms with Gasteiger partial charge in [-0.2, -0.15) is 5.26 Å². The molecule has 0 unspecified atom stereocenters. The quantitative estimate of drug-likeness (QED) is 0.852.